The van der Waals surface area contributed by atoms with Crippen molar-refractivity contribution in [3.63, 3.8) is 0 Å². The van der Waals surface area contributed by atoms with Gasteiger partial charge in [-0.3, -0.25) is 4.57 Å². The Labute approximate surface area is 65.4 Å². The molecular weight excluding hydrogens is 140 g/mol. The normalized spacial score (nSPS) is 10.1. The summed E-state index contributed by atoms with van der Waals surface area (Å²) >= 11 is 0. The lowest BCUT2D eigenvalue weighted by atomic mass is 10.2. The molecule has 1 aromatic rings. The maximum Gasteiger partial charge on any atom is 0.325 e. The first-order valence-corrected chi connectivity index (χ1v) is 3.45. The first kappa shape index (κ1) is 7.85. The van der Waals surface area contributed by atoms with Gasteiger partial charge >= 0.3 is 5.69 Å². The van der Waals surface area contributed by atoms with Crippen LogP contribution in [0.1, 0.15) is 18.3 Å². The van der Waals surface area contributed by atoms with Crippen LogP contribution in [0.5, 0.6) is 0 Å². The third kappa shape index (κ3) is 1.13. The molecule has 0 unspecified atom stereocenters. The van der Waals surface area contributed by atoms with E-state index in [1.54, 1.807) is 11.6 Å². The first-order valence-electron chi connectivity index (χ1n) is 3.45. The number of rotatable bonds is 1. The SMILES string of the molecule is C=C(C)c1[nH]c(=O)n(C)c1C. The number of aromatic amines is 1. The van der Waals surface area contributed by atoms with E-state index in [9.17, 15) is 4.79 Å². The molecule has 1 heterocycles. The molecule has 0 aliphatic carbocycles. The van der Waals surface area contributed by atoms with Gasteiger partial charge in [0.1, 0.15) is 0 Å². The number of hydrogen-bond donors (Lipinski definition) is 1. The molecule has 0 saturated carbocycles. The van der Waals surface area contributed by atoms with Gasteiger partial charge < -0.3 is 4.98 Å². The summed E-state index contributed by atoms with van der Waals surface area (Å²) in [4.78, 5) is 13.8. The summed E-state index contributed by atoms with van der Waals surface area (Å²) in [5, 5.41) is 0. The van der Waals surface area contributed by atoms with Gasteiger partial charge in [-0.05, 0) is 19.4 Å². The molecule has 1 aromatic heterocycles. The molecule has 0 spiro atoms. The summed E-state index contributed by atoms with van der Waals surface area (Å²) in [6.45, 7) is 7.52. The van der Waals surface area contributed by atoms with Crippen LogP contribution in [0.2, 0.25) is 0 Å². The van der Waals surface area contributed by atoms with Gasteiger partial charge in [0.05, 0.1) is 5.69 Å². The molecule has 0 amide bonds. The largest absolute Gasteiger partial charge is 0.325 e. The topological polar surface area (TPSA) is 37.8 Å². The number of aromatic nitrogens is 2. The zero-order valence-corrected chi connectivity index (χ0v) is 7.06. The third-order valence-corrected chi connectivity index (χ3v) is 1.83. The quantitative estimate of drug-likeness (QED) is 0.641. The monoisotopic (exact) mass is 152 g/mol. The average Bonchev–Trinajstić information content (AvgIpc) is 2.17. The van der Waals surface area contributed by atoms with Crippen LogP contribution in [-0.4, -0.2) is 9.55 Å². The predicted molar refractivity (Wildman–Crippen MR) is 45.5 cm³/mol. The molecule has 0 bridgehead atoms. The lowest BCUT2D eigenvalue weighted by Gasteiger charge is -1.96. The Morgan fingerprint density at radius 1 is 1.64 bits per heavy atom. The molecule has 0 aromatic carbocycles. The molecule has 1 rings (SSSR count). The molecule has 3 nitrogen and oxygen atoms in total. The summed E-state index contributed by atoms with van der Waals surface area (Å²) in [6, 6.07) is 0. The summed E-state index contributed by atoms with van der Waals surface area (Å²) in [5.74, 6) is 0. The summed E-state index contributed by atoms with van der Waals surface area (Å²) in [5.41, 5.74) is 2.58. The van der Waals surface area contributed by atoms with E-state index in [-0.39, 0.29) is 5.69 Å². The van der Waals surface area contributed by atoms with Crippen LogP contribution in [0.15, 0.2) is 11.4 Å². The van der Waals surface area contributed by atoms with Crippen molar-refractivity contribution >= 4 is 5.57 Å². The molecule has 60 valence electrons. The second kappa shape index (κ2) is 2.42. The highest BCUT2D eigenvalue weighted by atomic mass is 16.1. The Bertz CT molecular complexity index is 343. The van der Waals surface area contributed by atoms with Crippen molar-refractivity contribution in [2.45, 2.75) is 13.8 Å². The standard InChI is InChI=1S/C8H12N2O/c1-5(2)7-6(3)10(4)8(11)9-7/h1H2,2-4H3,(H,9,11). The maximum atomic E-state index is 11.0. The van der Waals surface area contributed by atoms with Crippen molar-refractivity contribution in [3.05, 3.63) is 28.5 Å². The highest BCUT2D eigenvalue weighted by Gasteiger charge is 2.05. The Kier molecular flexibility index (Phi) is 1.72. The van der Waals surface area contributed by atoms with E-state index in [2.05, 4.69) is 11.6 Å². The predicted octanol–water partition coefficient (Wildman–Crippen LogP) is 1.05. The van der Waals surface area contributed by atoms with Gasteiger partial charge in [-0.25, -0.2) is 4.79 Å². The van der Waals surface area contributed by atoms with E-state index >= 15 is 0 Å². The van der Waals surface area contributed by atoms with E-state index in [4.69, 9.17) is 0 Å². The van der Waals surface area contributed by atoms with Crippen molar-refractivity contribution in [3.8, 4) is 0 Å². The van der Waals surface area contributed by atoms with E-state index < -0.39 is 0 Å². The molecular formula is C8H12N2O. The smallest absolute Gasteiger partial charge is 0.306 e. The minimum absolute atomic E-state index is 0.0829. The zero-order chi connectivity index (χ0) is 8.59. The lowest BCUT2D eigenvalue weighted by molar-refractivity contribution is 0.829. The fraction of sp³-hybridized carbons (Fsp3) is 0.375. The molecule has 3 heteroatoms. The fourth-order valence-electron chi connectivity index (χ4n) is 1.02. The highest BCUT2D eigenvalue weighted by Crippen LogP contribution is 2.10. The molecule has 11 heavy (non-hydrogen) atoms. The minimum atomic E-state index is -0.0829. The van der Waals surface area contributed by atoms with Crippen LogP contribution in [0, 0.1) is 6.92 Å². The number of imidazole rings is 1. The van der Waals surface area contributed by atoms with Gasteiger partial charge in [-0.1, -0.05) is 6.58 Å². The Hall–Kier alpha value is -1.25. The lowest BCUT2D eigenvalue weighted by Crippen LogP contribution is -2.12. The Balaban J connectivity index is 3.42. The minimum Gasteiger partial charge on any atom is -0.306 e. The van der Waals surface area contributed by atoms with Gasteiger partial charge in [0.15, 0.2) is 0 Å². The molecule has 0 fully saturated rings. The van der Waals surface area contributed by atoms with Crippen LogP contribution in [0.4, 0.5) is 0 Å². The second-order valence-corrected chi connectivity index (χ2v) is 2.73. The number of nitrogens with one attached hydrogen (secondary N) is 1. The average molecular weight is 152 g/mol. The molecule has 0 saturated heterocycles. The maximum absolute atomic E-state index is 11.0. The van der Waals surface area contributed by atoms with E-state index in [0.29, 0.717) is 0 Å². The molecule has 0 atom stereocenters. The Morgan fingerprint density at radius 3 is 2.36 bits per heavy atom. The second-order valence-electron chi connectivity index (χ2n) is 2.73. The summed E-state index contributed by atoms with van der Waals surface area (Å²) in [7, 11) is 1.74. The number of hydrogen-bond acceptors (Lipinski definition) is 1. The van der Waals surface area contributed by atoms with Crippen LogP contribution < -0.4 is 5.69 Å². The van der Waals surface area contributed by atoms with Crippen molar-refractivity contribution in [1.82, 2.24) is 9.55 Å². The van der Waals surface area contributed by atoms with Crippen molar-refractivity contribution in [1.29, 1.82) is 0 Å². The van der Waals surface area contributed by atoms with Crippen LogP contribution in [0.25, 0.3) is 5.57 Å². The molecule has 0 radical (unpaired) electrons. The third-order valence-electron chi connectivity index (χ3n) is 1.83. The van der Waals surface area contributed by atoms with Crippen molar-refractivity contribution in [2.75, 3.05) is 0 Å². The molecule has 0 aliphatic heterocycles. The summed E-state index contributed by atoms with van der Waals surface area (Å²) < 4.78 is 1.57. The van der Waals surface area contributed by atoms with Gasteiger partial charge in [-0.2, -0.15) is 0 Å². The highest BCUT2D eigenvalue weighted by molar-refractivity contribution is 5.59. The van der Waals surface area contributed by atoms with Gasteiger partial charge in [0, 0.05) is 12.7 Å². The van der Waals surface area contributed by atoms with E-state index in [1.807, 2.05) is 13.8 Å². The van der Waals surface area contributed by atoms with E-state index in [1.165, 1.54) is 0 Å². The molecule has 0 aliphatic rings. The Morgan fingerprint density at radius 2 is 2.18 bits per heavy atom. The molecule has 1 N–H and O–H groups in total. The van der Waals surface area contributed by atoms with Gasteiger partial charge in [-0.15, -0.1) is 0 Å². The van der Waals surface area contributed by atoms with Crippen LogP contribution in [-0.2, 0) is 7.05 Å². The fourth-order valence-corrected chi connectivity index (χ4v) is 1.02. The van der Waals surface area contributed by atoms with Crippen molar-refractivity contribution in [2.24, 2.45) is 7.05 Å². The van der Waals surface area contributed by atoms with E-state index in [0.717, 1.165) is 17.0 Å². The summed E-state index contributed by atoms with van der Waals surface area (Å²) in [6.07, 6.45) is 0. The number of nitrogens with zero attached hydrogens (tertiary/aromatic N) is 1. The first-order chi connectivity index (χ1) is 5.04. The van der Waals surface area contributed by atoms with Crippen LogP contribution >= 0.6 is 0 Å². The number of H-pyrrole nitrogens is 1. The number of allylic oxidation sites excluding steroid dienone is 1. The zero-order valence-electron chi connectivity index (χ0n) is 7.06. The van der Waals surface area contributed by atoms with Gasteiger partial charge in [0.25, 0.3) is 0 Å². The van der Waals surface area contributed by atoms with Crippen LogP contribution in [0.3, 0.4) is 0 Å². The van der Waals surface area contributed by atoms with Gasteiger partial charge in [0.2, 0.25) is 0 Å². The van der Waals surface area contributed by atoms with Crippen molar-refractivity contribution < 1.29 is 0 Å².